The fraction of sp³-hybridized carbons (Fsp3) is 0.156. The summed E-state index contributed by atoms with van der Waals surface area (Å²) in [5.74, 6) is 0. The molecule has 3 nitrogen and oxygen atoms in total. The van der Waals surface area contributed by atoms with Crippen LogP contribution in [0.15, 0.2) is 104 Å². The molecule has 170 valence electrons. The van der Waals surface area contributed by atoms with Crippen LogP contribution in [0.2, 0.25) is 0 Å². The predicted molar refractivity (Wildman–Crippen MR) is 140 cm³/mol. The Hall–Kier alpha value is -4.11. The molecule has 3 heteroatoms. The number of para-hydroxylation sites is 2. The normalized spacial score (nSPS) is 13.4. The summed E-state index contributed by atoms with van der Waals surface area (Å²) in [5.41, 5.74) is 12.0. The van der Waals surface area contributed by atoms with Gasteiger partial charge in [0.2, 0.25) is 11.4 Å². The Balaban J connectivity index is 1.38. The highest BCUT2D eigenvalue weighted by atomic mass is 14.9. The zero-order valence-corrected chi connectivity index (χ0v) is 20.7. The second-order valence-corrected chi connectivity index (χ2v) is 9.99. The van der Waals surface area contributed by atoms with E-state index in [1.54, 1.807) is 0 Å². The molecule has 3 heterocycles. The monoisotopic (exact) mass is 455 g/mol. The third kappa shape index (κ3) is 3.47. The Kier molecular flexibility index (Phi) is 4.89. The van der Waals surface area contributed by atoms with Crippen LogP contribution in [0.5, 0.6) is 0 Å². The number of aryl methyl sites for hydroxylation is 2. The molecule has 0 aliphatic heterocycles. The lowest BCUT2D eigenvalue weighted by molar-refractivity contribution is -0.596. The van der Waals surface area contributed by atoms with E-state index in [0.717, 1.165) is 11.3 Å². The summed E-state index contributed by atoms with van der Waals surface area (Å²) in [6.45, 7) is 8.92. The SMILES string of the molecule is Cc1ccccc1-[n+]1ccc(-c2cnc3c(c2)C(C)(C)c2c[n+](-c4ccccc4C)ccc2-3)cc1. The fourth-order valence-electron chi connectivity index (χ4n) is 5.30. The number of hydrogen-bond donors (Lipinski definition) is 0. The van der Waals surface area contributed by atoms with Gasteiger partial charge in [-0.05, 0) is 31.0 Å². The molecule has 0 unspecified atom stereocenters. The molecule has 0 saturated carbocycles. The summed E-state index contributed by atoms with van der Waals surface area (Å²) >= 11 is 0. The lowest BCUT2D eigenvalue weighted by Crippen LogP contribution is -2.33. The van der Waals surface area contributed by atoms with Crippen molar-refractivity contribution in [2.45, 2.75) is 33.1 Å². The first-order valence-electron chi connectivity index (χ1n) is 12.1. The van der Waals surface area contributed by atoms with Crippen LogP contribution in [0.25, 0.3) is 33.8 Å². The Labute approximate surface area is 207 Å². The molecule has 2 aromatic carbocycles. The molecule has 1 aliphatic carbocycles. The van der Waals surface area contributed by atoms with Crippen LogP contribution in [0.4, 0.5) is 0 Å². The molecule has 0 spiro atoms. The van der Waals surface area contributed by atoms with Gasteiger partial charge in [0, 0.05) is 69.8 Å². The van der Waals surface area contributed by atoms with Crippen LogP contribution in [-0.2, 0) is 5.41 Å². The summed E-state index contributed by atoms with van der Waals surface area (Å²) in [4.78, 5) is 4.97. The van der Waals surface area contributed by atoms with Crippen LogP contribution in [0, 0.1) is 13.8 Å². The van der Waals surface area contributed by atoms with E-state index in [0.29, 0.717) is 0 Å². The number of pyridine rings is 3. The third-order valence-corrected chi connectivity index (χ3v) is 7.40. The average Bonchev–Trinajstić information content (AvgIpc) is 3.10. The first-order chi connectivity index (χ1) is 16.9. The summed E-state index contributed by atoms with van der Waals surface area (Å²) in [6.07, 6.45) is 10.7. The summed E-state index contributed by atoms with van der Waals surface area (Å²) in [5, 5.41) is 0. The van der Waals surface area contributed by atoms with Crippen molar-refractivity contribution in [1.82, 2.24) is 4.98 Å². The molecule has 0 saturated heterocycles. The lowest BCUT2D eigenvalue weighted by atomic mass is 9.83. The van der Waals surface area contributed by atoms with Crippen molar-refractivity contribution in [3.8, 4) is 33.8 Å². The van der Waals surface area contributed by atoms with Crippen molar-refractivity contribution < 1.29 is 9.13 Å². The number of aromatic nitrogens is 3. The molecule has 0 fully saturated rings. The summed E-state index contributed by atoms with van der Waals surface area (Å²) < 4.78 is 4.41. The van der Waals surface area contributed by atoms with Gasteiger partial charge in [-0.3, -0.25) is 4.98 Å². The standard InChI is InChI=1S/C32H29N3/c1-22-9-5-7-11-29(22)34-16-13-24(14-17-34)25-19-27-31(33-20-25)26-15-18-35(21-28(26)32(27,3)4)30-12-8-6-10-23(30)2/h5-21H,1-4H3/q+2. The van der Waals surface area contributed by atoms with E-state index in [-0.39, 0.29) is 5.41 Å². The second kappa shape index (κ2) is 7.99. The van der Waals surface area contributed by atoms with Gasteiger partial charge in [-0.25, -0.2) is 0 Å². The van der Waals surface area contributed by atoms with E-state index >= 15 is 0 Å². The topological polar surface area (TPSA) is 20.6 Å². The van der Waals surface area contributed by atoms with Gasteiger partial charge in [0.05, 0.1) is 5.69 Å². The largest absolute Gasteiger partial charge is 0.255 e. The summed E-state index contributed by atoms with van der Waals surface area (Å²) in [6, 6.07) is 25.9. The molecule has 0 radical (unpaired) electrons. The van der Waals surface area contributed by atoms with Crippen molar-refractivity contribution in [2.75, 3.05) is 0 Å². The second-order valence-electron chi connectivity index (χ2n) is 9.99. The molecule has 35 heavy (non-hydrogen) atoms. The van der Waals surface area contributed by atoms with Crippen molar-refractivity contribution >= 4 is 0 Å². The van der Waals surface area contributed by atoms with Crippen LogP contribution in [-0.4, -0.2) is 4.98 Å². The molecule has 0 atom stereocenters. The smallest absolute Gasteiger partial charge is 0.213 e. The van der Waals surface area contributed by atoms with Gasteiger partial charge in [0.1, 0.15) is 0 Å². The van der Waals surface area contributed by atoms with Crippen LogP contribution >= 0.6 is 0 Å². The van der Waals surface area contributed by atoms with E-state index in [4.69, 9.17) is 4.98 Å². The van der Waals surface area contributed by atoms with Crippen molar-refractivity contribution in [3.63, 3.8) is 0 Å². The minimum absolute atomic E-state index is 0.130. The quantitative estimate of drug-likeness (QED) is 0.296. The Morgan fingerprint density at radius 2 is 1.26 bits per heavy atom. The van der Waals surface area contributed by atoms with E-state index in [1.165, 1.54) is 44.8 Å². The number of hydrogen-bond acceptors (Lipinski definition) is 1. The molecule has 0 bridgehead atoms. The third-order valence-electron chi connectivity index (χ3n) is 7.40. The van der Waals surface area contributed by atoms with Crippen LogP contribution in [0.3, 0.4) is 0 Å². The fourth-order valence-corrected chi connectivity index (χ4v) is 5.30. The van der Waals surface area contributed by atoms with Gasteiger partial charge in [-0.2, -0.15) is 9.13 Å². The number of rotatable bonds is 3. The molecular weight excluding hydrogens is 426 g/mol. The molecular formula is C32H29N3+2. The Morgan fingerprint density at radius 1 is 0.657 bits per heavy atom. The number of nitrogens with zero attached hydrogens (tertiary/aromatic N) is 3. The van der Waals surface area contributed by atoms with E-state index < -0.39 is 0 Å². The van der Waals surface area contributed by atoms with Gasteiger partial charge in [0.15, 0.2) is 24.8 Å². The highest BCUT2D eigenvalue weighted by Gasteiger charge is 2.39. The van der Waals surface area contributed by atoms with Crippen LogP contribution in [0.1, 0.15) is 36.1 Å². The molecule has 5 aromatic rings. The zero-order chi connectivity index (χ0) is 24.2. The maximum absolute atomic E-state index is 4.97. The zero-order valence-electron chi connectivity index (χ0n) is 20.7. The van der Waals surface area contributed by atoms with Gasteiger partial charge in [-0.15, -0.1) is 0 Å². The molecule has 6 rings (SSSR count). The van der Waals surface area contributed by atoms with Gasteiger partial charge in [-0.1, -0.05) is 50.2 Å². The van der Waals surface area contributed by atoms with Crippen molar-refractivity contribution in [1.29, 1.82) is 0 Å². The van der Waals surface area contributed by atoms with E-state index in [1.807, 2.05) is 6.20 Å². The van der Waals surface area contributed by atoms with Gasteiger partial charge in [0.25, 0.3) is 0 Å². The minimum Gasteiger partial charge on any atom is -0.255 e. The van der Waals surface area contributed by atoms with Gasteiger partial charge < -0.3 is 0 Å². The molecule has 0 N–H and O–H groups in total. The highest BCUT2D eigenvalue weighted by Crippen LogP contribution is 2.47. The maximum atomic E-state index is 4.97. The lowest BCUT2D eigenvalue weighted by Gasteiger charge is -2.20. The molecule has 3 aromatic heterocycles. The number of fused-ring (bicyclic) bond motifs is 3. The predicted octanol–water partition coefficient (Wildman–Crippen LogP) is 6.23. The van der Waals surface area contributed by atoms with Crippen molar-refractivity contribution in [2.24, 2.45) is 0 Å². The summed E-state index contributed by atoms with van der Waals surface area (Å²) in [7, 11) is 0. The first-order valence-corrected chi connectivity index (χ1v) is 12.1. The van der Waals surface area contributed by atoms with E-state index in [2.05, 4.69) is 134 Å². The van der Waals surface area contributed by atoms with Gasteiger partial charge >= 0.3 is 0 Å². The molecule has 0 amide bonds. The van der Waals surface area contributed by atoms with E-state index in [9.17, 15) is 0 Å². The average molecular weight is 456 g/mol. The van der Waals surface area contributed by atoms with Crippen LogP contribution < -0.4 is 9.13 Å². The van der Waals surface area contributed by atoms with Crippen molar-refractivity contribution in [3.05, 3.63) is 126 Å². The molecule has 1 aliphatic rings. The first kappa shape index (κ1) is 21.4. The Morgan fingerprint density at radius 3 is 1.91 bits per heavy atom. The highest BCUT2D eigenvalue weighted by molar-refractivity contribution is 5.79. The Bertz CT molecular complexity index is 1580. The number of benzene rings is 2. The maximum Gasteiger partial charge on any atom is 0.213 e. The minimum atomic E-state index is -0.130.